The van der Waals surface area contributed by atoms with Crippen LogP contribution < -0.4 is 5.32 Å². The van der Waals surface area contributed by atoms with Crippen LogP contribution in [0.15, 0.2) is 30.3 Å². The first-order valence-electron chi connectivity index (χ1n) is 6.99. The van der Waals surface area contributed by atoms with E-state index in [4.69, 9.17) is 0 Å². The Hall–Kier alpha value is -0.820. The van der Waals surface area contributed by atoms with Gasteiger partial charge in [0, 0.05) is 12.1 Å². The number of rotatable bonds is 5. The van der Waals surface area contributed by atoms with Crippen LogP contribution in [-0.2, 0) is 0 Å². The van der Waals surface area contributed by atoms with Gasteiger partial charge in [-0.15, -0.1) is 0 Å². The molecule has 1 saturated carbocycles. The van der Waals surface area contributed by atoms with E-state index in [2.05, 4.69) is 56.4 Å². The van der Waals surface area contributed by atoms with Gasteiger partial charge in [-0.05, 0) is 37.2 Å². The highest BCUT2D eigenvalue weighted by Gasteiger charge is 2.26. The van der Waals surface area contributed by atoms with Crippen molar-refractivity contribution in [1.29, 1.82) is 0 Å². The summed E-state index contributed by atoms with van der Waals surface area (Å²) in [7, 11) is 0. The lowest BCUT2D eigenvalue weighted by atomic mass is 9.79. The molecule has 1 aliphatic carbocycles. The summed E-state index contributed by atoms with van der Waals surface area (Å²) in [6.45, 7) is 6.96. The summed E-state index contributed by atoms with van der Waals surface area (Å²) in [5.41, 5.74) is 1.42. The summed E-state index contributed by atoms with van der Waals surface area (Å²) in [4.78, 5) is 0. The molecular weight excluding hydrogens is 206 g/mol. The van der Waals surface area contributed by atoms with Crippen molar-refractivity contribution < 1.29 is 0 Å². The Morgan fingerprint density at radius 3 is 2.18 bits per heavy atom. The molecule has 0 aromatic heterocycles. The molecule has 2 atom stereocenters. The maximum atomic E-state index is 3.83. The van der Waals surface area contributed by atoms with Crippen molar-refractivity contribution in [1.82, 2.24) is 5.32 Å². The van der Waals surface area contributed by atoms with Crippen LogP contribution in [0.1, 0.15) is 51.6 Å². The fraction of sp³-hybridized carbons (Fsp3) is 0.625. The fourth-order valence-electron chi connectivity index (χ4n) is 2.69. The number of benzene rings is 1. The van der Waals surface area contributed by atoms with Crippen LogP contribution in [0.2, 0.25) is 0 Å². The summed E-state index contributed by atoms with van der Waals surface area (Å²) in [5.74, 6) is 1.54. The van der Waals surface area contributed by atoms with Gasteiger partial charge in [-0.1, -0.05) is 50.6 Å². The van der Waals surface area contributed by atoms with Crippen LogP contribution >= 0.6 is 0 Å². The molecule has 2 unspecified atom stereocenters. The van der Waals surface area contributed by atoms with Crippen LogP contribution in [0.5, 0.6) is 0 Å². The lowest BCUT2D eigenvalue weighted by molar-refractivity contribution is 0.213. The van der Waals surface area contributed by atoms with Gasteiger partial charge in [0.05, 0.1) is 0 Å². The standard InChI is InChI=1S/C16H25N/c1-12(2)16(15-8-5-4-6-9-15)17-13(3)14-10-7-11-14/h4-6,8-9,12-14,16-17H,7,10-11H2,1-3H3. The minimum Gasteiger partial charge on any atom is -0.307 e. The Kier molecular flexibility index (Phi) is 4.22. The molecule has 1 heteroatoms. The Bertz CT molecular complexity index is 327. The molecule has 94 valence electrons. The molecule has 2 rings (SSSR count). The van der Waals surface area contributed by atoms with Crippen LogP contribution in [-0.4, -0.2) is 6.04 Å². The first-order valence-corrected chi connectivity index (χ1v) is 6.99. The molecule has 0 bridgehead atoms. The van der Waals surface area contributed by atoms with E-state index in [1.54, 1.807) is 0 Å². The molecule has 1 N–H and O–H groups in total. The predicted molar refractivity (Wildman–Crippen MR) is 74.0 cm³/mol. The Labute approximate surface area is 106 Å². The smallest absolute Gasteiger partial charge is 0.0345 e. The Morgan fingerprint density at radius 1 is 1.06 bits per heavy atom. The van der Waals surface area contributed by atoms with Crippen molar-refractivity contribution in [3.8, 4) is 0 Å². The monoisotopic (exact) mass is 231 g/mol. The van der Waals surface area contributed by atoms with E-state index >= 15 is 0 Å². The van der Waals surface area contributed by atoms with Crippen molar-refractivity contribution in [3.05, 3.63) is 35.9 Å². The van der Waals surface area contributed by atoms with Gasteiger partial charge in [-0.25, -0.2) is 0 Å². The zero-order valence-electron chi connectivity index (χ0n) is 11.3. The summed E-state index contributed by atoms with van der Waals surface area (Å²) >= 11 is 0. The molecule has 1 aromatic carbocycles. The third kappa shape index (κ3) is 3.10. The van der Waals surface area contributed by atoms with Gasteiger partial charge in [-0.2, -0.15) is 0 Å². The van der Waals surface area contributed by atoms with E-state index in [1.807, 2.05) is 0 Å². The fourth-order valence-corrected chi connectivity index (χ4v) is 2.69. The van der Waals surface area contributed by atoms with Crippen molar-refractivity contribution in [2.75, 3.05) is 0 Å². The van der Waals surface area contributed by atoms with E-state index < -0.39 is 0 Å². The van der Waals surface area contributed by atoms with Gasteiger partial charge in [0.25, 0.3) is 0 Å². The second-order valence-electron chi connectivity index (χ2n) is 5.78. The highest BCUT2D eigenvalue weighted by molar-refractivity contribution is 5.19. The molecule has 0 heterocycles. The zero-order chi connectivity index (χ0) is 12.3. The first kappa shape index (κ1) is 12.6. The van der Waals surface area contributed by atoms with Crippen LogP contribution in [0.4, 0.5) is 0 Å². The lowest BCUT2D eigenvalue weighted by Crippen LogP contribution is -2.40. The molecule has 0 amide bonds. The van der Waals surface area contributed by atoms with E-state index in [9.17, 15) is 0 Å². The third-order valence-corrected chi connectivity index (χ3v) is 4.12. The third-order valence-electron chi connectivity index (χ3n) is 4.12. The highest BCUT2D eigenvalue weighted by atomic mass is 15.0. The topological polar surface area (TPSA) is 12.0 Å². The molecule has 1 nitrogen and oxygen atoms in total. The summed E-state index contributed by atoms with van der Waals surface area (Å²) in [5, 5.41) is 3.83. The van der Waals surface area contributed by atoms with Gasteiger partial charge in [-0.3, -0.25) is 0 Å². The normalized spacial score (nSPS) is 20.0. The molecule has 1 aromatic rings. The average molecular weight is 231 g/mol. The summed E-state index contributed by atoms with van der Waals surface area (Å²) in [6.07, 6.45) is 4.25. The lowest BCUT2D eigenvalue weighted by Gasteiger charge is -2.36. The van der Waals surface area contributed by atoms with E-state index in [0.29, 0.717) is 18.0 Å². The summed E-state index contributed by atoms with van der Waals surface area (Å²) < 4.78 is 0. The van der Waals surface area contributed by atoms with Gasteiger partial charge in [0.2, 0.25) is 0 Å². The van der Waals surface area contributed by atoms with E-state index in [0.717, 1.165) is 5.92 Å². The largest absolute Gasteiger partial charge is 0.307 e. The van der Waals surface area contributed by atoms with E-state index in [-0.39, 0.29) is 0 Å². The minimum atomic E-state index is 0.492. The maximum absolute atomic E-state index is 3.83. The van der Waals surface area contributed by atoms with Crippen molar-refractivity contribution in [2.24, 2.45) is 11.8 Å². The predicted octanol–water partition coefficient (Wildman–Crippen LogP) is 4.16. The maximum Gasteiger partial charge on any atom is 0.0345 e. The van der Waals surface area contributed by atoms with Gasteiger partial charge in [0.1, 0.15) is 0 Å². The number of nitrogens with one attached hydrogen (secondary N) is 1. The zero-order valence-corrected chi connectivity index (χ0v) is 11.3. The second-order valence-corrected chi connectivity index (χ2v) is 5.78. The molecule has 17 heavy (non-hydrogen) atoms. The SMILES string of the molecule is CC(C)C(NC(C)C1CCC1)c1ccccc1. The molecule has 1 aliphatic rings. The molecular formula is C16H25N. The van der Waals surface area contributed by atoms with Gasteiger partial charge < -0.3 is 5.32 Å². The molecule has 0 aliphatic heterocycles. The van der Waals surface area contributed by atoms with Crippen LogP contribution in [0.3, 0.4) is 0 Å². The van der Waals surface area contributed by atoms with Gasteiger partial charge >= 0.3 is 0 Å². The van der Waals surface area contributed by atoms with Crippen molar-refractivity contribution in [2.45, 2.75) is 52.1 Å². The van der Waals surface area contributed by atoms with E-state index in [1.165, 1.54) is 24.8 Å². The second kappa shape index (κ2) is 5.68. The van der Waals surface area contributed by atoms with Crippen molar-refractivity contribution in [3.63, 3.8) is 0 Å². The van der Waals surface area contributed by atoms with Crippen molar-refractivity contribution >= 4 is 0 Å². The molecule has 0 radical (unpaired) electrons. The quantitative estimate of drug-likeness (QED) is 0.802. The number of hydrogen-bond acceptors (Lipinski definition) is 1. The Balaban J connectivity index is 2.02. The molecule has 1 fully saturated rings. The Morgan fingerprint density at radius 2 is 1.71 bits per heavy atom. The molecule has 0 spiro atoms. The average Bonchev–Trinajstić information content (AvgIpc) is 2.24. The first-order chi connectivity index (χ1) is 8.18. The highest BCUT2D eigenvalue weighted by Crippen LogP contribution is 2.31. The number of hydrogen-bond donors (Lipinski definition) is 1. The minimum absolute atomic E-state index is 0.492. The molecule has 0 saturated heterocycles. The summed E-state index contributed by atoms with van der Waals surface area (Å²) in [6, 6.07) is 12.0. The van der Waals surface area contributed by atoms with Gasteiger partial charge in [0.15, 0.2) is 0 Å². The van der Waals surface area contributed by atoms with Crippen LogP contribution in [0.25, 0.3) is 0 Å². The van der Waals surface area contributed by atoms with Crippen LogP contribution in [0, 0.1) is 11.8 Å².